The Labute approximate surface area is 106 Å². The van der Waals surface area contributed by atoms with Crippen molar-refractivity contribution in [1.82, 2.24) is 9.88 Å². The first kappa shape index (κ1) is 12.8. The highest BCUT2D eigenvalue weighted by molar-refractivity contribution is 5.56. The first-order valence-electron chi connectivity index (χ1n) is 6.26. The summed E-state index contributed by atoms with van der Waals surface area (Å²) in [6.07, 6.45) is 3.93. The third kappa shape index (κ3) is 2.95. The van der Waals surface area contributed by atoms with E-state index in [0.29, 0.717) is 18.3 Å². The van der Waals surface area contributed by atoms with Crippen LogP contribution in [0.5, 0.6) is 0 Å². The zero-order chi connectivity index (χ0) is 13.0. The number of nitrogens with one attached hydrogen (secondary N) is 1. The van der Waals surface area contributed by atoms with E-state index in [0.717, 1.165) is 13.1 Å². The lowest BCUT2D eigenvalue weighted by Crippen LogP contribution is -2.35. The topological polar surface area (TPSA) is 71.3 Å². The molecule has 1 aliphatic heterocycles. The first-order chi connectivity index (χ1) is 8.68. The van der Waals surface area contributed by atoms with Crippen molar-refractivity contribution in [2.75, 3.05) is 25.0 Å². The molecule has 98 valence electrons. The molecule has 6 nitrogen and oxygen atoms in total. The molecule has 1 N–H and O–H groups in total. The number of rotatable bonds is 5. The molecule has 2 heterocycles. The van der Waals surface area contributed by atoms with E-state index in [1.807, 2.05) is 0 Å². The number of aromatic nitrogens is 1. The zero-order valence-electron chi connectivity index (χ0n) is 10.5. The molecule has 1 atom stereocenters. The second kappa shape index (κ2) is 5.77. The largest absolute Gasteiger partial charge is 0.386 e. The van der Waals surface area contributed by atoms with E-state index < -0.39 is 4.92 Å². The Balaban J connectivity index is 1.95. The molecule has 1 aliphatic rings. The van der Waals surface area contributed by atoms with Gasteiger partial charge in [-0.2, -0.15) is 0 Å². The Kier molecular flexibility index (Phi) is 4.09. The molecule has 1 saturated heterocycles. The molecule has 1 aromatic heterocycles. The minimum absolute atomic E-state index is 0.105. The molecule has 1 aromatic rings. The van der Waals surface area contributed by atoms with E-state index in [4.69, 9.17) is 0 Å². The van der Waals surface area contributed by atoms with Gasteiger partial charge in [0.1, 0.15) is 11.9 Å². The summed E-state index contributed by atoms with van der Waals surface area (Å²) >= 11 is 0. The van der Waals surface area contributed by atoms with Gasteiger partial charge >= 0.3 is 5.82 Å². The number of nitrogens with zero attached hydrogens (tertiary/aromatic N) is 3. The average Bonchev–Trinajstić information content (AvgIpc) is 2.90. The number of nitro groups is 1. The van der Waals surface area contributed by atoms with Crippen LogP contribution in [0.15, 0.2) is 18.3 Å². The SMILES string of the molecule is CC(CNc1cccnc1[N+](=O)[O-])N1CCCC1. The molecule has 0 aromatic carbocycles. The third-order valence-electron chi connectivity index (χ3n) is 3.31. The highest BCUT2D eigenvalue weighted by Crippen LogP contribution is 2.20. The smallest absolute Gasteiger partial charge is 0.377 e. The fourth-order valence-corrected chi connectivity index (χ4v) is 2.25. The number of likely N-dealkylation sites (tertiary alicyclic amines) is 1. The van der Waals surface area contributed by atoms with E-state index in [-0.39, 0.29) is 5.82 Å². The molecule has 0 saturated carbocycles. The van der Waals surface area contributed by atoms with Crippen LogP contribution in [0, 0.1) is 10.1 Å². The lowest BCUT2D eigenvalue weighted by Gasteiger charge is -2.24. The molecule has 0 aliphatic carbocycles. The van der Waals surface area contributed by atoms with Crippen LogP contribution in [0.2, 0.25) is 0 Å². The fourth-order valence-electron chi connectivity index (χ4n) is 2.25. The van der Waals surface area contributed by atoms with E-state index in [1.165, 1.54) is 19.0 Å². The van der Waals surface area contributed by atoms with Crippen molar-refractivity contribution >= 4 is 11.5 Å². The maximum absolute atomic E-state index is 10.8. The Morgan fingerprint density at radius 3 is 2.94 bits per heavy atom. The van der Waals surface area contributed by atoms with Crippen LogP contribution in [0.3, 0.4) is 0 Å². The number of hydrogen-bond acceptors (Lipinski definition) is 5. The Morgan fingerprint density at radius 1 is 1.56 bits per heavy atom. The van der Waals surface area contributed by atoms with Crippen LogP contribution in [-0.2, 0) is 0 Å². The monoisotopic (exact) mass is 250 g/mol. The van der Waals surface area contributed by atoms with Gasteiger partial charge in [-0.25, -0.2) is 0 Å². The van der Waals surface area contributed by atoms with Crippen LogP contribution in [-0.4, -0.2) is 40.5 Å². The van der Waals surface area contributed by atoms with Gasteiger partial charge in [-0.05, 0) is 54.9 Å². The normalized spacial score (nSPS) is 17.6. The molecular formula is C12H18N4O2. The third-order valence-corrected chi connectivity index (χ3v) is 3.31. The van der Waals surface area contributed by atoms with Crippen molar-refractivity contribution in [3.63, 3.8) is 0 Å². The standard InChI is InChI=1S/C12H18N4O2/c1-10(15-7-2-3-8-15)9-14-11-5-4-6-13-12(11)16(17)18/h4-6,10,14H,2-3,7-9H2,1H3. The minimum Gasteiger partial charge on any atom is -0.377 e. The van der Waals surface area contributed by atoms with Crippen LogP contribution < -0.4 is 5.32 Å². The second-order valence-corrected chi connectivity index (χ2v) is 4.60. The predicted molar refractivity (Wildman–Crippen MR) is 69.7 cm³/mol. The highest BCUT2D eigenvalue weighted by Gasteiger charge is 2.19. The van der Waals surface area contributed by atoms with E-state index in [9.17, 15) is 10.1 Å². The second-order valence-electron chi connectivity index (χ2n) is 4.60. The van der Waals surface area contributed by atoms with E-state index in [1.54, 1.807) is 12.1 Å². The summed E-state index contributed by atoms with van der Waals surface area (Å²) in [5.74, 6) is -0.105. The van der Waals surface area contributed by atoms with E-state index in [2.05, 4.69) is 22.1 Å². The van der Waals surface area contributed by atoms with Gasteiger partial charge in [0, 0.05) is 12.6 Å². The molecule has 1 fully saturated rings. The van der Waals surface area contributed by atoms with Gasteiger partial charge < -0.3 is 15.4 Å². The fraction of sp³-hybridized carbons (Fsp3) is 0.583. The molecule has 2 rings (SSSR count). The number of pyridine rings is 1. The Hall–Kier alpha value is -1.69. The maximum Gasteiger partial charge on any atom is 0.386 e. The molecular weight excluding hydrogens is 232 g/mol. The van der Waals surface area contributed by atoms with Gasteiger partial charge in [0.15, 0.2) is 0 Å². The summed E-state index contributed by atoms with van der Waals surface area (Å²) in [6.45, 7) is 5.09. The molecule has 0 amide bonds. The molecule has 6 heteroatoms. The lowest BCUT2D eigenvalue weighted by molar-refractivity contribution is -0.388. The highest BCUT2D eigenvalue weighted by atomic mass is 16.6. The quantitative estimate of drug-likeness (QED) is 0.638. The molecule has 1 unspecified atom stereocenters. The van der Waals surface area contributed by atoms with Crippen molar-refractivity contribution in [2.45, 2.75) is 25.8 Å². The van der Waals surface area contributed by atoms with Gasteiger partial charge in [-0.1, -0.05) is 0 Å². The molecule has 0 spiro atoms. The summed E-state index contributed by atoms with van der Waals surface area (Å²) in [5.41, 5.74) is 0.494. The minimum atomic E-state index is -0.456. The summed E-state index contributed by atoms with van der Waals surface area (Å²) in [7, 11) is 0. The Bertz CT molecular complexity index is 418. The van der Waals surface area contributed by atoms with E-state index >= 15 is 0 Å². The summed E-state index contributed by atoms with van der Waals surface area (Å²) in [6, 6.07) is 3.78. The number of anilines is 1. The summed E-state index contributed by atoms with van der Waals surface area (Å²) in [4.78, 5) is 16.5. The van der Waals surface area contributed by atoms with Gasteiger partial charge in [0.25, 0.3) is 0 Å². The van der Waals surface area contributed by atoms with Gasteiger partial charge in [0.2, 0.25) is 0 Å². The van der Waals surface area contributed by atoms with Crippen LogP contribution >= 0.6 is 0 Å². The van der Waals surface area contributed by atoms with Crippen LogP contribution in [0.25, 0.3) is 0 Å². The predicted octanol–water partition coefficient (Wildman–Crippen LogP) is 1.89. The van der Waals surface area contributed by atoms with Crippen molar-refractivity contribution in [1.29, 1.82) is 0 Å². The molecule has 0 bridgehead atoms. The molecule has 0 radical (unpaired) electrons. The summed E-state index contributed by atoms with van der Waals surface area (Å²) < 4.78 is 0. The average molecular weight is 250 g/mol. The summed E-state index contributed by atoms with van der Waals surface area (Å²) in [5, 5.41) is 13.9. The number of hydrogen-bond donors (Lipinski definition) is 1. The van der Waals surface area contributed by atoms with Gasteiger partial charge in [-0.15, -0.1) is 0 Å². The zero-order valence-corrected chi connectivity index (χ0v) is 10.5. The van der Waals surface area contributed by atoms with Crippen molar-refractivity contribution in [3.8, 4) is 0 Å². The Morgan fingerprint density at radius 2 is 2.28 bits per heavy atom. The van der Waals surface area contributed by atoms with Gasteiger partial charge in [-0.3, -0.25) is 4.90 Å². The lowest BCUT2D eigenvalue weighted by atomic mass is 10.3. The van der Waals surface area contributed by atoms with Gasteiger partial charge in [0.05, 0.1) is 0 Å². The molecule has 18 heavy (non-hydrogen) atoms. The maximum atomic E-state index is 10.8. The van der Waals surface area contributed by atoms with Crippen LogP contribution in [0.1, 0.15) is 19.8 Å². The van der Waals surface area contributed by atoms with Crippen molar-refractivity contribution in [2.24, 2.45) is 0 Å². The van der Waals surface area contributed by atoms with Crippen molar-refractivity contribution in [3.05, 3.63) is 28.4 Å². The van der Waals surface area contributed by atoms with Crippen LogP contribution in [0.4, 0.5) is 11.5 Å². The van der Waals surface area contributed by atoms with Crippen molar-refractivity contribution < 1.29 is 4.92 Å². The first-order valence-corrected chi connectivity index (χ1v) is 6.26.